The molecule has 1 aliphatic rings. The highest BCUT2D eigenvalue weighted by molar-refractivity contribution is 4.57. The molecule has 1 saturated carbocycles. The molecule has 0 N–H and O–H groups in total. The van der Waals surface area contributed by atoms with Crippen LogP contribution in [0.2, 0.25) is 0 Å². The maximum absolute atomic E-state index is 1.50. The molecule has 0 spiro atoms. The zero-order valence-electron chi connectivity index (χ0n) is 49.5. The van der Waals surface area contributed by atoms with E-state index < -0.39 is 0 Å². The highest BCUT2D eigenvalue weighted by Gasteiger charge is 2.01. The third-order valence-corrected chi connectivity index (χ3v) is 17.5. The van der Waals surface area contributed by atoms with Crippen molar-refractivity contribution in [1.82, 2.24) is 0 Å². The van der Waals surface area contributed by atoms with E-state index >= 15 is 0 Å². The molecule has 0 radical (unpaired) electrons. The Labute approximate surface area is 447 Å². The molecule has 1 aliphatic carbocycles. The van der Waals surface area contributed by atoms with Gasteiger partial charge in [0.25, 0.3) is 0 Å². The molecule has 0 aliphatic heterocycles. The van der Waals surface area contributed by atoms with E-state index in [9.17, 15) is 0 Å². The second-order valence-electron chi connectivity index (χ2n) is 24.7. The summed E-state index contributed by atoms with van der Waals surface area (Å²) in [6, 6.07) is 0. The van der Waals surface area contributed by atoms with Gasteiger partial charge in [-0.25, -0.2) is 0 Å². The van der Waals surface area contributed by atoms with Gasteiger partial charge in [-0.3, -0.25) is 0 Å². The van der Waals surface area contributed by atoms with Gasteiger partial charge in [0.2, 0.25) is 0 Å². The van der Waals surface area contributed by atoms with Crippen molar-refractivity contribution in [2.45, 2.75) is 449 Å². The summed E-state index contributed by atoms with van der Waals surface area (Å²) < 4.78 is 0. The lowest BCUT2D eigenvalue weighted by Crippen LogP contribution is -1.85. The largest absolute Gasteiger partial charge is 0.0533 e. The van der Waals surface area contributed by atoms with Crippen LogP contribution in [0, 0.1) is 0 Å². The molecule has 0 heterocycles. The third kappa shape index (κ3) is 62.3. The first-order chi connectivity index (χ1) is 35.0. The molecule has 1 rings (SSSR count). The molecule has 0 atom stereocenters. The van der Waals surface area contributed by atoms with E-state index in [2.05, 4.69) is 0 Å². The second kappa shape index (κ2) is 65.1. The molecule has 0 amide bonds. The Hall–Kier alpha value is 0. The van der Waals surface area contributed by atoms with Crippen LogP contribution < -0.4 is 0 Å². The van der Waals surface area contributed by atoms with Crippen LogP contribution in [0.1, 0.15) is 449 Å². The van der Waals surface area contributed by atoms with Gasteiger partial charge in [0.05, 0.1) is 0 Å². The molecule has 0 aromatic heterocycles. The summed E-state index contributed by atoms with van der Waals surface area (Å²) in [6.45, 7) is 0. The fourth-order valence-corrected chi connectivity index (χ4v) is 12.4. The average Bonchev–Trinajstić information content (AvgIpc) is 3.37. The van der Waals surface area contributed by atoms with Crippen molar-refractivity contribution < 1.29 is 0 Å². The molecule has 0 heteroatoms. The van der Waals surface area contributed by atoms with Crippen molar-refractivity contribution in [2.24, 2.45) is 0 Å². The minimum Gasteiger partial charge on any atom is -0.0533 e. The van der Waals surface area contributed by atoms with E-state index in [0.717, 1.165) is 0 Å². The van der Waals surface area contributed by atoms with Crippen molar-refractivity contribution in [1.29, 1.82) is 0 Å². The summed E-state index contributed by atoms with van der Waals surface area (Å²) in [5.41, 5.74) is 0. The zero-order valence-corrected chi connectivity index (χ0v) is 49.5. The van der Waals surface area contributed by atoms with E-state index in [1.54, 1.807) is 0 Å². The smallest absolute Gasteiger partial charge is 0.0533 e. The first-order valence-electron chi connectivity index (χ1n) is 35.0. The topological polar surface area (TPSA) is 0 Å². The Morgan fingerprint density at radius 3 is 0.0571 bits per heavy atom. The van der Waals surface area contributed by atoms with E-state index in [0.29, 0.717) is 0 Å². The highest BCUT2D eigenvalue weighted by Crippen LogP contribution is 2.21. The van der Waals surface area contributed by atoms with Crippen LogP contribution in [-0.4, -0.2) is 0 Å². The molecule has 0 bridgehead atoms. The van der Waals surface area contributed by atoms with E-state index in [-0.39, 0.29) is 0 Å². The van der Waals surface area contributed by atoms with E-state index in [4.69, 9.17) is 0 Å². The van der Waals surface area contributed by atoms with Gasteiger partial charge >= 0.3 is 0 Å². The maximum atomic E-state index is 1.50. The molecule has 0 aromatic carbocycles. The summed E-state index contributed by atoms with van der Waals surface area (Å²) in [5.74, 6) is 0. The van der Waals surface area contributed by atoms with Gasteiger partial charge in [-0.05, 0) is 0 Å². The van der Waals surface area contributed by atoms with Gasteiger partial charge in [-0.15, -0.1) is 0 Å². The Balaban J connectivity index is 2.00. The first kappa shape index (κ1) is 68.0. The summed E-state index contributed by atoms with van der Waals surface area (Å²) in [5, 5.41) is 0. The standard InChI is InChI=1S/C70H140/c1-2-4-6-8-10-12-14-16-18-20-22-24-26-28-30-32-34-36-38-40-42-44-46-48-50-52-54-56-58-60-62-64-66-68-70-69-67-65-63-61-59-57-55-53-51-49-47-45-43-41-39-37-35-33-31-29-27-25-23-21-19-17-15-13-11-9-7-5-3-1/h1-70H2. The van der Waals surface area contributed by atoms with Crippen LogP contribution in [0.3, 0.4) is 0 Å². The Kier molecular flexibility index (Phi) is 63.3. The van der Waals surface area contributed by atoms with Crippen molar-refractivity contribution >= 4 is 0 Å². The SMILES string of the molecule is C1CCCCCCCCCCCCCCCCCCCCCCCCCCCCCCCCCCCCCCCCCCCCCCCCCCCCCCCCCCCCCCCCCCCCC1. The van der Waals surface area contributed by atoms with Gasteiger partial charge in [-0.2, -0.15) is 0 Å². The Bertz CT molecular complexity index is 429. The molecule has 0 unspecified atom stereocenters. The lowest BCUT2D eigenvalue weighted by Gasteiger charge is -2.05. The first-order valence-corrected chi connectivity index (χ1v) is 35.0. The molecule has 1 fully saturated rings. The van der Waals surface area contributed by atoms with Crippen LogP contribution in [0.5, 0.6) is 0 Å². The van der Waals surface area contributed by atoms with Crippen molar-refractivity contribution in [3.05, 3.63) is 0 Å². The van der Waals surface area contributed by atoms with E-state index in [1.165, 1.54) is 449 Å². The van der Waals surface area contributed by atoms with Crippen molar-refractivity contribution in [2.75, 3.05) is 0 Å². The monoisotopic (exact) mass is 981 g/mol. The normalized spacial score (nSPS) is 24.0. The summed E-state index contributed by atoms with van der Waals surface area (Å²) in [4.78, 5) is 0. The molecule has 70 heavy (non-hydrogen) atoms. The highest BCUT2D eigenvalue weighted by atomic mass is 14.1. The van der Waals surface area contributed by atoms with Crippen LogP contribution in [0.15, 0.2) is 0 Å². The van der Waals surface area contributed by atoms with Gasteiger partial charge in [-0.1, -0.05) is 449 Å². The number of hydrogen-bond donors (Lipinski definition) is 0. The average molecular weight is 982 g/mol. The molecular formula is C70H140. The third-order valence-electron chi connectivity index (χ3n) is 17.5. The van der Waals surface area contributed by atoms with E-state index in [1.807, 2.05) is 0 Å². The van der Waals surface area contributed by atoms with Gasteiger partial charge in [0.1, 0.15) is 0 Å². The summed E-state index contributed by atoms with van der Waals surface area (Å²) >= 11 is 0. The lowest BCUT2D eigenvalue weighted by atomic mass is 10.0. The Morgan fingerprint density at radius 2 is 0.0429 bits per heavy atom. The quantitative estimate of drug-likeness (QED) is 0.227. The molecule has 0 saturated heterocycles. The lowest BCUT2D eigenvalue weighted by molar-refractivity contribution is 0.504. The van der Waals surface area contributed by atoms with Crippen molar-refractivity contribution in [3.63, 3.8) is 0 Å². The van der Waals surface area contributed by atoms with Crippen LogP contribution in [-0.2, 0) is 0 Å². The zero-order chi connectivity index (χ0) is 49.5. The van der Waals surface area contributed by atoms with Crippen LogP contribution in [0.25, 0.3) is 0 Å². The number of hydrogen-bond acceptors (Lipinski definition) is 0. The number of rotatable bonds is 0. The summed E-state index contributed by atoms with van der Waals surface area (Å²) in [6.07, 6.45) is 105. The second-order valence-corrected chi connectivity index (χ2v) is 24.7. The van der Waals surface area contributed by atoms with Gasteiger partial charge in [0, 0.05) is 0 Å². The minimum atomic E-state index is 1.50. The van der Waals surface area contributed by atoms with Gasteiger partial charge in [0.15, 0.2) is 0 Å². The minimum absolute atomic E-state index is 1.50. The Morgan fingerprint density at radius 1 is 0.0286 bits per heavy atom. The van der Waals surface area contributed by atoms with Gasteiger partial charge < -0.3 is 0 Å². The predicted octanol–water partition coefficient (Wildman–Crippen LogP) is 27.3. The van der Waals surface area contributed by atoms with Crippen LogP contribution in [0.4, 0.5) is 0 Å². The molecule has 0 nitrogen and oxygen atoms in total. The molecular weight excluding hydrogens is 841 g/mol. The molecule has 420 valence electrons. The molecule has 0 aromatic rings. The maximum Gasteiger partial charge on any atom is -0.0533 e. The fourth-order valence-electron chi connectivity index (χ4n) is 12.4. The van der Waals surface area contributed by atoms with Crippen molar-refractivity contribution in [3.8, 4) is 0 Å². The van der Waals surface area contributed by atoms with Crippen LogP contribution >= 0.6 is 0 Å². The fraction of sp³-hybridized carbons (Fsp3) is 1.00. The summed E-state index contributed by atoms with van der Waals surface area (Å²) in [7, 11) is 0. The predicted molar refractivity (Wildman–Crippen MR) is 323 cm³/mol.